The molecule has 5 rings (SSSR count). The largest absolute Gasteiger partial charge is 0.473 e. The van der Waals surface area contributed by atoms with Gasteiger partial charge in [0.05, 0.1) is 6.54 Å². The molecule has 0 radical (unpaired) electrons. The van der Waals surface area contributed by atoms with Crippen LogP contribution in [0.4, 0.5) is 0 Å². The molecule has 29 heavy (non-hydrogen) atoms. The van der Waals surface area contributed by atoms with Gasteiger partial charge in [-0.3, -0.25) is 9.69 Å². The van der Waals surface area contributed by atoms with E-state index in [2.05, 4.69) is 29.2 Å². The number of carbonyl (C=O) groups is 3. The molecule has 3 N–H and O–H groups in total. The molecule has 0 atom stereocenters. The lowest BCUT2D eigenvalue weighted by Gasteiger charge is -2.57. The maximum absolute atomic E-state index is 12.7. The second kappa shape index (κ2) is 9.00. The smallest absolute Gasteiger partial charge is 0.414 e. The van der Waals surface area contributed by atoms with E-state index in [1.807, 2.05) is 0 Å². The highest BCUT2D eigenvalue weighted by atomic mass is 16.4. The van der Waals surface area contributed by atoms with Gasteiger partial charge in [-0.2, -0.15) is 0 Å². The molecule has 4 aliphatic carbocycles. The van der Waals surface area contributed by atoms with E-state index in [-0.39, 0.29) is 11.4 Å². The molecule has 0 unspecified atom stereocenters. The minimum Gasteiger partial charge on any atom is -0.473 e. The van der Waals surface area contributed by atoms with E-state index in [4.69, 9.17) is 19.8 Å². The summed E-state index contributed by atoms with van der Waals surface area (Å²) >= 11 is 0. The highest BCUT2D eigenvalue weighted by Gasteiger charge is 2.51. The van der Waals surface area contributed by atoms with E-state index in [1.54, 1.807) is 0 Å². The topological polar surface area (TPSA) is 110 Å². The number of nitrogens with zero attached hydrogens (tertiary/aromatic N) is 2. The third-order valence-electron chi connectivity index (χ3n) is 7.33. The molecule has 8 nitrogen and oxygen atoms in total. The van der Waals surface area contributed by atoms with Gasteiger partial charge < -0.3 is 20.4 Å². The van der Waals surface area contributed by atoms with Crippen LogP contribution < -0.4 is 5.32 Å². The third-order valence-corrected chi connectivity index (χ3v) is 7.33. The van der Waals surface area contributed by atoms with Crippen LogP contribution in [0.25, 0.3) is 0 Å². The van der Waals surface area contributed by atoms with Gasteiger partial charge in [-0.15, -0.1) is 0 Å². The Hall–Kier alpha value is -1.67. The number of hydrogen-bond donors (Lipinski definition) is 3. The summed E-state index contributed by atoms with van der Waals surface area (Å²) in [4.78, 5) is 35.6. The summed E-state index contributed by atoms with van der Waals surface area (Å²) in [6.07, 6.45) is 10.4. The van der Waals surface area contributed by atoms with Crippen molar-refractivity contribution in [1.29, 1.82) is 0 Å². The summed E-state index contributed by atoms with van der Waals surface area (Å²) in [5.74, 6) is -0.687. The van der Waals surface area contributed by atoms with Crippen LogP contribution in [0.2, 0.25) is 0 Å². The molecule has 0 aromatic rings. The zero-order valence-corrected chi connectivity index (χ0v) is 17.6. The maximum Gasteiger partial charge on any atom is 0.414 e. The number of piperidine rings is 1. The van der Waals surface area contributed by atoms with Gasteiger partial charge in [-0.1, -0.05) is 0 Å². The molecule has 0 aromatic carbocycles. The molecule has 0 aromatic heterocycles. The summed E-state index contributed by atoms with van der Waals surface area (Å²) in [6, 6.07) is 0.577. The van der Waals surface area contributed by atoms with Gasteiger partial charge in [0.25, 0.3) is 0 Å². The fourth-order valence-electron chi connectivity index (χ4n) is 6.39. The Labute approximate surface area is 172 Å². The fourth-order valence-corrected chi connectivity index (χ4v) is 6.39. The fraction of sp³-hybridized carbons (Fsp3) is 0.857. The maximum atomic E-state index is 12.7. The standard InChI is InChI=1S/C19H33N3O.C2H2O4/c1-21-5-3-17(4-6-21)22(2)13-18(23)20-19-10-14-7-15(11-19)9-16(8-14)12-19;3-1(4)2(5)6/h14-17H,3-13H2,1-2H3,(H,20,23);(H,3,4)(H,5,6). The number of likely N-dealkylation sites (N-methyl/N-ethyl adjacent to an activating group) is 1. The number of nitrogens with one attached hydrogen (secondary N) is 1. The summed E-state index contributed by atoms with van der Waals surface area (Å²) in [7, 11) is 4.32. The normalized spacial score (nSPS) is 33.8. The summed E-state index contributed by atoms with van der Waals surface area (Å²) in [6.45, 7) is 2.90. The monoisotopic (exact) mass is 409 g/mol. The number of likely N-dealkylation sites (tertiary alicyclic amines) is 1. The summed E-state index contributed by atoms with van der Waals surface area (Å²) in [5.41, 5.74) is 0.166. The van der Waals surface area contributed by atoms with Gasteiger partial charge in [0.2, 0.25) is 5.91 Å². The minimum atomic E-state index is -1.82. The third kappa shape index (κ3) is 5.69. The summed E-state index contributed by atoms with van der Waals surface area (Å²) in [5, 5.41) is 18.3. The number of carbonyl (C=O) groups excluding carboxylic acids is 1. The van der Waals surface area contributed by atoms with Crippen LogP contribution in [-0.2, 0) is 14.4 Å². The molecule has 164 valence electrons. The Kier molecular flexibility index (Phi) is 6.83. The predicted octanol–water partition coefficient (Wildman–Crippen LogP) is 1.25. The number of hydrogen-bond acceptors (Lipinski definition) is 5. The van der Waals surface area contributed by atoms with Crippen molar-refractivity contribution in [3.05, 3.63) is 0 Å². The molecule has 4 bridgehead atoms. The van der Waals surface area contributed by atoms with Crippen LogP contribution in [0.15, 0.2) is 0 Å². The highest BCUT2D eigenvalue weighted by molar-refractivity contribution is 6.27. The Bertz CT molecular complexity index is 583. The Morgan fingerprint density at radius 3 is 1.83 bits per heavy atom. The van der Waals surface area contributed by atoms with Crippen LogP contribution in [0, 0.1) is 17.8 Å². The van der Waals surface area contributed by atoms with Crippen molar-refractivity contribution in [3.8, 4) is 0 Å². The van der Waals surface area contributed by atoms with E-state index in [9.17, 15) is 4.79 Å². The van der Waals surface area contributed by atoms with Crippen LogP contribution in [0.3, 0.4) is 0 Å². The van der Waals surface area contributed by atoms with E-state index in [0.29, 0.717) is 12.6 Å². The molecule has 1 aliphatic heterocycles. The predicted molar refractivity (Wildman–Crippen MR) is 107 cm³/mol. The molecule has 1 heterocycles. The lowest BCUT2D eigenvalue weighted by Crippen LogP contribution is -2.61. The number of carboxylic acid groups (broad SMARTS) is 2. The van der Waals surface area contributed by atoms with E-state index >= 15 is 0 Å². The molecule has 0 spiro atoms. The lowest BCUT2D eigenvalue weighted by molar-refractivity contribution is -0.159. The lowest BCUT2D eigenvalue weighted by atomic mass is 9.53. The van der Waals surface area contributed by atoms with Crippen LogP contribution in [-0.4, -0.2) is 83.2 Å². The van der Waals surface area contributed by atoms with Crippen molar-refractivity contribution in [2.45, 2.75) is 62.9 Å². The molecule has 4 saturated carbocycles. The van der Waals surface area contributed by atoms with Crippen molar-refractivity contribution in [1.82, 2.24) is 15.1 Å². The molecule has 1 amide bonds. The van der Waals surface area contributed by atoms with Crippen molar-refractivity contribution >= 4 is 17.8 Å². The Morgan fingerprint density at radius 2 is 1.41 bits per heavy atom. The minimum absolute atomic E-state index is 0.166. The van der Waals surface area contributed by atoms with Crippen LogP contribution in [0.1, 0.15) is 51.4 Å². The number of rotatable bonds is 4. The molecular weight excluding hydrogens is 374 g/mol. The van der Waals surface area contributed by atoms with Gasteiger partial charge in [-0.05, 0) is 96.3 Å². The molecule has 5 fully saturated rings. The van der Waals surface area contributed by atoms with Crippen molar-refractivity contribution < 1.29 is 24.6 Å². The average Bonchev–Trinajstić information content (AvgIpc) is 2.60. The van der Waals surface area contributed by atoms with Crippen molar-refractivity contribution in [3.63, 3.8) is 0 Å². The van der Waals surface area contributed by atoms with Gasteiger partial charge in [-0.25, -0.2) is 9.59 Å². The van der Waals surface area contributed by atoms with E-state index in [1.165, 1.54) is 51.4 Å². The molecule has 8 heteroatoms. The zero-order chi connectivity index (χ0) is 21.2. The van der Waals surface area contributed by atoms with Crippen molar-refractivity contribution in [2.75, 3.05) is 33.7 Å². The average molecular weight is 410 g/mol. The van der Waals surface area contributed by atoms with Crippen LogP contribution >= 0.6 is 0 Å². The number of carboxylic acids is 2. The van der Waals surface area contributed by atoms with Gasteiger partial charge in [0.1, 0.15) is 0 Å². The SMILES string of the molecule is CN1CCC(N(C)CC(=O)NC23CC4CC(CC(C4)C2)C3)CC1.O=C(O)C(=O)O. The molecule has 1 saturated heterocycles. The first-order valence-electron chi connectivity index (χ1n) is 10.8. The van der Waals surface area contributed by atoms with Crippen LogP contribution in [0.5, 0.6) is 0 Å². The number of amides is 1. The quantitative estimate of drug-likeness (QED) is 0.600. The van der Waals surface area contributed by atoms with E-state index < -0.39 is 11.9 Å². The van der Waals surface area contributed by atoms with Gasteiger partial charge in [0.15, 0.2) is 0 Å². The second-order valence-electron chi connectivity index (χ2n) is 9.81. The van der Waals surface area contributed by atoms with Gasteiger partial charge >= 0.3 is 11.9 Å². The molecule has 5 aliphatic rings. The van der Waals surface area contributed by atoms with E-state index in [0.717, 1.165) is 30.8 Å². The Balaban J connectivity index is 0.000000353. The highest BCUT2D eigenvalue weighted by Crippen LogP contribution is 2.55. The summed E-state index contributed by atoms with van der Waals surface area (Å²) < 4.78 is 0. The second-order valence-corrected chi connectivity index (χ2v) is 9.81. The van der Waals surface area contributed by atoms with Gasteiger partial charge in [0, 0.05) is 11.6 Å². The zero-order valence-electron chi connectivity index (χ0n) is 17.6. The number of aliphatic carboxylic acids is 2. The first-order chi connectivity index (χ1) is 13.7. The molecular formula is C21H35N3O5. The first kappa shape index (κ1) is 22.0. The van der Waals surface area contributed by atoms with Crippen molar-refractivity contribution in [2.24, 2.45) is 17.8 Å². The first-order valence-corrected chi connectivity index (χ1v) is 10.8. The Morgan fingerprint density at radius 1 is 0.966 bits per heavy atom.